The SMILES string of the molecule is COc1ccccc1CCNC(=O)c1cc2sc(C)cc2n1Cc1ccc(Br)cc1. The third-order valence-corrected chi connectivity index (χ3v) is 6.59. The maximum Gasteiger partial charge on any atom is 0.267 e. The molecule has 4 nitrogen and oxygen atoms in total. The van der Waals surface area contributed by atoms with Gasteiger partial charge in [0.1, 0.15) is 11.4 Å². The number of nitrogens with one attached hydrogen (secondary N) is 1. The molecule has 0 spiro atoms. The highest BCUT2D eigenvalue weighted by molar-refractivity contribution is 9.10. The van der Waals surface area contributed by atoms with Gasteiger partial charge in [-0.1, -0.05) is 46.3 Å². The van der Waals surface area contributed by atoms with Crippen molar-refractivity contribution in [3.8, 4) is 5.75 Å². The number of para-hydroxylation sites is 1. The number of benzene rings is 2. The number of nitrogens with zero attached hydrogens (tertiary/aromatic N) is 1. The fourth-order valence-electron chi connectivity index (χ4n) is 3.61. The lowest BCUT2D eigenvalue weighted by atomic mass is 10.1. The van der Waals surface area contributed by atoms with Gasteiger partial charge in [0, 0.05) is 22.4 Å². The molecule has 30 heavy (non-hydrogen) atoms. The average molecular weight is 483 g/mol. The highest BCUT2D eigenvalue weighted by atomic mass is 79.9. The van der Waals surface area contributed by atoms with Crippen molar-refractivity contribution in [3.05, 3.63) is 86.8 Å². The number of aromatic nitrogens is 1. The Balaban J connectivity index is 1.54. The first kappa shape index (κ1) is 20.7. The van der Waals surface area contributed by atoms with Crippen LogP contribution in [0.15, 0.2) is 65.1 Å². The summed E-state index contributed by atoms with van der Waals surface area (Å²) in [6.07, 6.45) is 0.719. The van der Waals surface area contributed by atoms with Crippen molar-refractivity contribution >= 4 is 43.4 Å². The molecule has 0 aliphatic rings. The van der Waals surface area contributed by atoms with Gasteiger partial charge in [0.05, 0.1) is 17.3 Å². The Morgan fingerprint density at radius 1 is 1.13 bits per heavy atom. The number of amides is 1. The van der Waals surface area contributed by atoms with Crippen LogP contribution in [0.3, 0.4) is 0 Å². The molecule has 0 saturated carbocycles. The number of thiophene rings is 1. The van der Waals surface area contributed by atoms with E-state index in [2.05, 4.69) is 50.9 Å². The van der Waals surface area contributed by atoms with E-state index < -0.39 is 0 Å². The summed E-state index contributed by atoms with van der Waals surface area (Å²) in [4.78, 5) is 14.3. The number of methoxy groups -OCH3 is 1. The number of aryl methyl sites for hydroxylation is 1. The molecular formula is C24H23BrN2O2S. The number of carbonyl (C=O) groups excluding carboxylic acids is 1. The predicted molar refractivity (Wildman–Crippen MR) is 127 cm³/mol. The van der Waals surface area contributed by atoms with Crippen LogP contribution < -0.4 is 10.1 Å². The van der Waals surface area contributed by atoms with E-state index in [1.165, 1.54) is 4.88 Å². The number of carbonyl (C=O) groups is 1. The van der Waals surface area contributed by atoms with Crippen molar-refractivity contribution in [1.82, 2.24) is 9.88 Å². The molecule has 0 aliphatic heterocycles. The van der Waals surface area contributed by atoms with Gasteiger partial charge >= 0.3 is 0 Å². The Morgan fingerprint density at radius 2 is 1.90 bits per heavy atom. The molecule has 0 bridgehead atoms. The largest absolute Gasteiger partial charge is 0.496 e. The number of hydrogen-bond acceptors (Lipinski definition) is 3. The minimum atomic E-state index is -0.0527. The van der Waals surface area contributed by atoms with Crippen LogP contribution in [0.25, 0.3) is 10.2 Å². The van der Waals surface area contributed by atoms with Crippen molar-refractivity contribution in [2.45, 2.75) is 19.9 Å². The van der Waals surface area contributed by atoms with E-state index in [0.717, 1.165) is 38.0 Å². The van der Waals surface area contributed by atoms with Gasteiger partial charge in [-0.2, -0.15) is 0 Å². The minimum absolute atomic E-state index is 0.0527. The lowest BCUT2D eigenvalue weighted by Crippen LogP contribution is -2.28. The van der Waals surface area contributed by atoms with E-state index in [1.54, 1.807) is 18.4 Å². The van der Waals surface area contributed by atoms with Crippen molar-refractivity contribution in [1.29, 1.82) is 0 Å². The molecule has 0 unspecified atom stereocenters. The molecule has 1 N–H and O–H groups in total. The summed E-state index contributed by atoms with van der Waals surface area (Å²) in [6.45, 7) is 3.30. The zero-order valence-corrected chi connectivity index (χ0v) is 19.3. The second kappa shape index (κ2) is 9.06. The van der Waals surface area contributed by atoms with Crippen molar-refractivity contribution < 1.29 is 9.53 Å². The predicted octanol–water partition coefficient (Wildman–Crippen LogP) is 5.80. The number of fused-ring (bicyclic) bond motifs is 1. The molecule has 0 fully saturated rings. The first-order valence-electron chi connectivity index (χ1n) is 9.79. The second-order valence-electron chi connectivity index (χ2n) is 7.17. The van der Waals surface area contributed by atoms with Crippen molar-refractivity contribution in [3.63, 3.8) is 0 Å². The van der Waals surface area contributed by atoms with Crippen LogP contribution in [0.2, 0.25) is 0 Å². The van der Waals surface area contributed by atoms with Gasteiger partial charge < -0.3 is 14.6 Å². The molecular weight excluding hydrogens is 460 g/mol. The molecule has 2 aromatic carbocycles. The molecule has 2 aromatic heterocycles. The van der Waals surface area contributed by atoms with Gasteiger partial charge in [0.2, 0.25) is 0 Å². The maximum atomic E-state index is 13.0. The zero-order valence-electron chi connectivity index (χ0n) is 16.9. The van der Waals surface area contributed by atoms with E-state index in [9.17, 15) is 4.79 Å². The Bertz CT molecular complexity index is 1180. The lowest BCUT2D eigenvalue weighted by Gasteiger charge is -2.12. The molecule has 0 saturated heterocycles. The van der Waals surface area contributed by atoms with E-state index >= 15 is 0 Å². The van der Waals surface area contributed by atoms with Crippen LogP contribution in [0.1, 0.15) is 26.5 Å². The molecule has 0 atom stereocenters. The van der Waals surface area contributed by atoms with Crippen LogP contribution in [-0.2, 0) is 13.0 Å². The maximum absolute atomic E-state index is 13.0. The topological polar surface area (TPSA) is 43.3 Å². The van der Waals surface area contributed by atoms with Crippen LogP contribution in [0.5, 0.6) is 5.75 Å². The monoisotopic (exact) mass is 482 g/mol. The second-order valence-corrected chi connectivity index (χ2v) is 9.37. The summed E-state index contributed by atoms with van der Waals surface area (Å²) in [5, 5.41) is 3.08. The van der Waals surface area contributed by atoms with E-state index in [-0.39, 0.29) is 5.91 Å². The van der Waals surface area contributed by atoms with Crippen LogP contribution in [0, 0.1) is 6.92 Å². The smallest absolute Gasteiger partial charge is 0.267 e. The van der Waals surface area contributed by atoms with Gasteiger partial charge in [-0.25, -0.2) is 0 Å². The third kappa shape index (κ3) is 4.45. The third-order valence-electron chi connectivity index (χ3n) is 5.07. The summed E-state index contributed by atoms with van der Waals surface area (Å²) < 4.78 is 9.70. The summed E-state index contributed by atoms with van der Waals surface area (Å²) in [7, 11) is 1.67. The summed E-state index contributed by atoms with van der Waals surface area (Å²) in [6, 6.07) is 20.3. The van der Waals surface area contributed by atoms with Crippen LogP contribution in [-0.4, -0.2) is 24.1 Å². The van der Waals surface area contributed by atoms with E-state index in [4.69, 9.17) is 4.74 Å². The van der Waals surface area contributed by atoms with Gasteiger partial charge in [-0.15, -0.1) is 11.3 Å². The minimum Gasteiger partial charge on any atom is -0.496 e. The summed E-state index contributed by atoms with van der Waals surface area (Å²) >= 11 is 5.20. The van der Waals surface area contributed by atoms with E-state index in [0.29, 0.717) is 18.8 Å². The van der Waals surface area contributed by atoms with Gasteiger partial charge in [0.25, 0.3) is 5.91 Å². The molecule has 1 amide bonds. The van der Waals surface area contributed by atoms with Crippen molar-refractivity contribution in [2.24, 2.45) is 0 Å². The molecule has 4 aromatic rings. The van der Waals surface area contributed by atoms with Gasteiger partial charge in [-0.05, 0) is 54.8 Å². The van der Waals surface area contributed by atoms with Gasteiger partial charge in [0.15, 0.2) is 0 Å². The summed E-state index contributed by atoms with van der Waals surface area (Å²) in [5.74, 6) is 0.796. The van der Waals surface area contributed by atoms with E-state index in [1.807, 2.05) is 42.5 Å². The Labute approximate surface area is 188 Å². The molecule has 0 radical (unpaired) electrons. The molecule has 154 valence electrons. The average Bonchev–Trinajstić information content (AvgIpc) is 3.27. The molecule has 4 rings (SSSR count). The van der Waals surface area contributed by atoms with Crippen molar-refractivity contribution in [2.75, 3.05) is 13.7 Å². The Morgan fingerprint density at radius 3 is 2.67 bits per heavy atom. The molecule has 6 heteroatoms. The first-order chi connectivity index (χ1) is 14.5. The van der Waals surface area contributed by atoms with Gasteiger partial charge in [-0.3, -0.25) is 4.79 Å². The zero-order chi connectivity index (χ0) is 21.1. The Hall–Kier alpha value is -2.57. The molecule has 2 heterocycles. The normalized spacial score (nSPS) is 11.0. The summed E-state index contributed by atoms with van der Waals surface area (Å²) in [5.41, 5.74) is 4.04. The first-order valence-corrected chi connectivity index (χ1v) is 11.4. The lowest BCUT2D eigenvalue weighted by molar-refractivity contribution is 0.0945. The highest BCUT2D eigenvalue weighted by Crippen LogP contribution is 2.29. The number of rotatable bonds is 7. The highest BCUT2D eigenvalue weighted by Gasteiger charge is 2.17. The fraction of sp³-hybridized carbons (Fsp3) is 0.208. The fourth-order valence-corrected chi connectivity index (χ4v) is 4.83. The number of halogens is 1. The standard InChI is InChI=1S/C24H23BrN2O2S/c1-16-13-20-23(30-16)14-21(27(20)15-17-7-9-19(25)10-8-17)24(28)26-12-11-18-5-3-4-6-22(18)29-2/h3-10,13-14H,11-12,15H2,1-2H3,(H,26,28). The van der Waals surface area contributed by atoms with Crippen LogP contribution >= 0.6 is 27.3 Å². The number of hydrogen-bond donors (Lipinski definition) is 1. The molecule has 0 aliphatic carbocycles. The quantitative estimate of drug-likeness (QED) is 0.361. The number of ether oxygens (including phenoxy) is 1. The van der Waals surface area contributed by atoms with Crippen LogP contribution in [0.4, 0.5) is 0 Å². The Kier molecular flexibility index (Phi) is 6.25.